The number of phenols is 1. The lowest BCUT2D eigenvalue weighted by molar-refractivity contribution is -0.132. The zero-order chi connectivity index (χ0) is 33.5. The fourth-order valence-corrected chi connectivity index (χ4v) is 6.69. The first-order valence-corrected chi connectivity index (χ1v) is 16.7. The number of likely N-dealkylation sites (tertiary alicyclic amines) is 2. The molecule has 5 N–H and O–H groups in total. The average molecular weight is 654 g/mol. The van der Waals surface area contributed by atoms with Gasteiger partial charge in [-0.3, -0.25) is 14.9 Å². The largest absolute Gasteiger partial charge is 0.506 e. The Kier molecular flexibility index (Phi) is 10.7. The number of phenolic OH excluding ortho intramolecular Hbond substituents is 1. The summed E-state index contributed by atoms with van der Waals surface area (Å²) in [5.41, 5.74) is 3.30. The highest BCUT2D eigenvalue weighted by atomic mass is 16.6. The molecule has 3 aromatic carbocycles. The number of nitrogens with one attached hydrogen (secondary N) is 3. The highest BCUT2D eigenvalue weighted by Gasteiger charge is 2.26. The van der Waals surface area contributed by atoms with Crippen molar-refractivity contribution >= 4 is 28.6 Å². The zero-order valence-electron chi connectivity index (χ0n) is 26.9. The second kappa shape index (κ2) is 15.5. The Morgan fingerprint density at radius 1 is 0.896 bits per heavy atom. The van der Waals surface area contributed by atoms with E-state index in [2.05, 4.69) is 20.5 Å². The predicted octanol–water partition coefficient (Wildman–Crippen LogP) is 4.62. The van der Waals surface area contributed by atoms with E-state index in [4.69, 9.17) is 4.74 Å². The molecule has 2 amide bonds. The van der Waals surface area contributed by atoms with E-state index in [-0.39, 0.29) is 29.4 Å². The first kappa shape index (κ1) is 33.2. The van der Waals surface area contributed by atoms with Crippen molar-refractivity contribution in [1.82, 2.24) is 20.1 Å². The number of fused-ring (bicyclic) bond motifs is 1. The normalized spacial score (nSPS) is 16.9. The van der Waals surface area contributed by atoms with Crippen molar-refractivity contribution in [2.24, 2.45) is 0 Å². The molecular formula is C37H43N5O6. The van der Waals surface area contributed by atoms with Gasteiger partial charge in [-0.2, -0.15) is 0 Å². The molecule has 6 rings (SSSR count). The second-order valence-corrected chi connectivity index (χ2v) is 12.6. The second-order valence-electron chi connectivity index (χ2n) is 12.6. The van der Waals surface area contributed by atoms with E-state index < -0.39 is 12.2 Å². The van der Waals surface area contributed by atoms with E-state index in [0.717, 1.165) is 49.9 Å². The summed E-state index contributed by atoms with van der Waals surface area (Å²) < 4.78 is 5.76. The molecule has 11 heteroatoms. The van der Waals surface area contributed by atoms with E-state index in [1.165, 1.54) is 12.1 Å². The maximum Gasteiger partial charge on any atom is 0.411 e. The van der Waals surface area contributed by atoms with Gasteiger partial charge in [0.1, 0.15) is 11.9 Å². The number of aromatic hydroxyl groups is 1. The molecule has 0 spiro atoms. The molecule has 2 fully saturated rings. The number of carbonyl (C=O) groups is 2. The van der Waals surface area contributed by atoms with Gasteiger partial charge in [0.2, 0.25) is 11.5 Å². The first-order chi connectivity index (χ1) is 23.3. The first-order valence-electron chi connectivity index (χ1n) is 16.7. The minimum absolute atomic E-state index is 0.0383. The smallest absolute Gasteiger partial charge is 0.411 e. The van der Waals surface area contributed by atoms with Gasteiger partial charge in [0.15, 0.2) is 0 Å². The number of rotatable bonds is 10. The highest BCUT2D eigenvalue weighted by Crippen LogP contribution is 2.30. The molecular weight excluding hydrogens is 610 g/mol. The number of amides is 2. The van der Waals surface area contributed by atoms with Crippen LogP contribution in [-0.2, 0) is 9.53 Å². The van der Waals surface area contributed by atoms with E-state index >= 15 is 0 Å². The number of benzene rings is 3. The van der Waals surface area contributed by atoms with E-state index in [1.807, 2.05) is 59.5 Å². The maximum atomic E-state index is 13.0. The highest BCUT2D eigenvalue weighted by molar-refractivity contribution is 5.91. The van der Waals surface area contributed by atoms with Gasteiger partial charge in [-0.1, -0.05) is 54.6 Å². The molecule has 11 nitrogen and oxygen atoms in total. The average Bonchev–Trinajstić information content (AvgIpc) is 3.11. The number of anilines is 1. The standard InChI is InChI=1S/C37H43N5O6/c43-32-12-10-29(30-11-13-34(45)40-36(30)32)33(44)24-38-26-14-22-42(23-15-26)35(46)18-21-41-19-16-27(17-20-41)48-37(47)39-31-9-5-4-8-28(31)25-6-2-1-3-7-25/h1-13,26-27,33,38,43-44H,14-24H2,(H,39,47)(H,40,45)/t33-/m0/s1. The number of hydrogen-bond donors (Lipinski definition) is 5. The summed E-state index contributed by atoms with van der Waals surface area (Å²) in [6.45, 7) is 3.86. The van der Waals surface area contributed by atoms with Crippen LogP contribution in [0, 0.1) is 0 Å². The van der Waals surface area contributed by atoms with E-state index in [9.17, 15) is 24.6 Å². The van der Waals surface area contributed by atoms with Gasteiger partial charge in [0.25, 0.3) is 0 Å². The van der Waals surface area contributed by atoms with E-state index in [1.54, 1.807) is 12.1 Å². The Bertz CT molecular complexity index is 1760. The number of carbonyl (C=O) groups excluding carboxylic acids is 2. The van der Waals surface area contributed by atoms with Gasteiger partial charge >= 0.3 is 6.09 Å². The van der Waals surface area contributed by atoms with Crippen LogP contribution in [-0.4, -0.2) is 88.4 Å². The Balaban J connectivity index is 0.883. The third kappa shape index (κ3) is 8.22. The number of aliphatic hydroxyl groups is 1. The number of para-hydroxylation sites is 1. The number of aromatic amines is 1. The lowest BCUT2D eigenvalue weighted by Gasteiger charge is -2.34. The molecule has 2 saturated heterocycles. The monoisotopic (exact) mass is 653 g/mol. The van der Waals surface area contributed by atoms with Crippen LogP contribution in [0.1, 0.15) is 43.8 Å². The minimum Gasteiger partial charge on any atom is -0.506 e. The van der Waals surface area contributed by atoms with Crippen LogP contribution >= 0.6 is 0 Å². The fraction of sp³-hybridized carbons (Fsp3) is 0.378. The minimum atomic E-state index is -0.820. The van der Waals surface area contributed by atoms with Crippen molar-refractivity contribution in [3.63, 3.8) is 0 Å². The Morgan fingerprint density at radius 2 is 1.62 bits per heavy atom. The Morgan fingerprint density at radius 3 is 2.40 bits per heavy atom. The lowest BCUT2D eigenvalue weighted by atomic mass is 10.0. The van der Waals surface area contributed by atoms with Gasteiger partial charge in [-0.25, -0.2) is 4.79 Å². The topological polar surface area (TPSA) is 147 Å². The van der Waals surface area contributed by atoms with Crippen molar-refractivity contribution in [2.75, 3.05) is 44.6 Å². The summed E-state index contributed by atoms with van der Waals surface area (Å²) >= 11 is 0. The molecule has 0 aliphatic carbocycles. The quantitative estimate of drug-likeness (QED) is 0.167. The molecule has 1 atom stereocenters. The number of aromatic nitrogens is 1. The van der Waals surface area contributed by atoms with Crippen molar-refractivity contribution < 1.29 is 24.5 Å². The molecule has 252 valence electrons. The number of pyridine rings is 1. The molecule has 0 radical (unpaired) electrons. The fourth-order valence-electron chi connectivity index (χ4n) is 6.69. The van der Waals surface area contributed by atoms with E-state index in [0.29, 0.717) is 54.8 Å². The van der Waals surface area contributed by atoms with Crippen molar-refractivity contribution in [2.45, 2.75) is 50.4 Å². The zero-order valence-corrected chi connectivity index (χ0v) is 26.9. The molecule has 48 heavy (non-hydrogen) atoms. The number of ether oxygens (including phenoxy) is 1. The molecule has 0 bridgehead atoms. The van der Waals surface area contributed by atoms with Gasteiger partial charge in [-0.15, -0.1) is 0 Å². The predicted molar refractivity (Wildman–Crippen MR) is 185 cm³/mol. The van der Waals surface area contributed by atoms with Gasteiger partial charge in [0, 0.05) is 68.7 Å². The third-order valence-corrected chi connectivity index (χ3v) is 9.41. The lowest BCUT2D eigenvalue weighted by Crippen LogP contribution is -2.46. The SMILES string of the molecule is O=C(Nc1ccccc1-c1ccccc1)OC1CCN(CCC(=O)N2CCC(NC[C@H](O)c3ccc(O)c4[nH]c(=O)ccc34)CC2)CC1. The number of aliphatic hydroxyl groups excluding tert-OH is 1. The summed E-state index contributed by atoms with van der Waals surface area (Å²) in [6.07, 6.45) is 2.05. The van der Waals surface area contributed by atoms with Crippen molar-refractivity contribution in [1.29, 1.82) is 0 Å². The van der Waals surface area contributed by atoms with Gasteiger partial charge in [0.05, 0.1) is 17.3 Å². The molecule has 1 aromatic heterocycles. The third-order valence-electron chi connectivity index (χ3n) is 9.41. The molecule has 3 heterocycles. The van der Waals surface area contributed by atoms with Gasteiger partial charge < -0.3 is 35.1 Å². The molecule has 2 aliphatic heterocycles. The van der Waals surface area contributed by atoms with Crippen LogP contribution < -0.4 is 16.2 Å². The van der Waals surface area contributed by atoms with Crippen LogP contribution in [0.5, 0.6) is 5.75 Å². The Labute approximate surface area is 279 Å². The van der Waals surface area contributed by atoms with Crippen LogP contribution in [0.25, 0.3) is 22.0 Å². The maximum absolute atomic E-state index is 13.0. The Hall–Kier alpha value is -4.71. The molecule has 0 unspecified atom stereocenters. The van der Waals surface area contributed by atoms with Gasteiger partial charge in [-0.05, 0) is 55.0 Å². The summed E-state index contributed by atoms with van der Waals surface area (Å²) in [5, 5.41) is 27.9. The summed E-state index contributed by atoms with van der Waals surface area (Å²) in [5.74, 6) is 0.108. The van der Waals surface area contributed by atoms with Crippen LogP contribution in [0.3, 0.4) is 0 Å². The summed E-state index contributed by atoms with van der Waals surface area (Å²) in [7, 11) is 0. The van der Waals surface area contributed by atoms with Crippen molar-refractivity contribution in [3.8, 4) is 16.9 Å². The number of H-pyrrole nitrogens is 1. The molecule has 0 saturated carbocycles. The number of piperidine rings is 2. The van der Waals surface area contributed by atoms with Crippen LogP contribution in [0.15, 0.2) is 83.7 Å². The van der Waals surface area contributed by atoms with Crippen LogP contribution in [0.4, 0.5) is 10.5 Å². The van der Waals surface area contributed by atoms with Crippen molar-refractivity contribution in [3.05, 3.63) is 94.8 Å². The van der Waals surface area contributed by atoms with Crippen LogP contribution in [0.2, 0.25) is 0 Å². The summed E-state index contributed by atoms with van der Waals surface area (Å²) in [4.78, 5) is 44.2. The number of nitrogens with zero attached hydrogens (tertiary/aromatic N) is 2. The molecule has 2 aliphatic rings. The molecule has 4 aromatic rings. The number of hydrogen-bond acceptors (Lipinski definition) is 8. The summed E-state index contributed by atoms with van der Waals surface area (Å²) in [6, 6.07) is 23.9.